The van der Waals surface area contributed by atoms with Gasteiger partial charge in [-0.05, 0) is 51.4 Å². The normalized spacial score (nSPS) is 20.3. The van der Waals surface area contributed by atoms with Crippen molar-refractivity contribution in [3.63, 3.8) is 0 Å². The zero-order valence-corrected chi connectivity index (χ0v) is 17.6. The van der Waals surface area contributed by atoms with Gasteiger partial charge in [0.15, 0.2) is 0 Å². The maximum atomic E-state index is 12.9. The van der Waals surface area contributed by atoms with Crippen LogP contribution >= 0.6 is 0 Å². The van der Waals surface area contributed by atoms with Gasteiger partial charge in [0.1, 0.15) is 5.82 Å². The van der Waals surface area contributed by atoms with Crippen LogP contribution in [-0.4, -0.2) is 70.8 Å². The molecule has 2 N–H and O–H groups in total. The van der Waals surface area contributed by atoms with Crippen LogP contribution in [0.15, 0.2) is 18.3 Å². The molecule has 4 rings (SSSR count). The Morgan fingerprint density at radius 3 is 2.76 bits per heavy atom. The fourth-order valence-corrected chi connectivity index (χ4v) is 4.42. The number of carbonyl (C=O) groups is 1. The van der Waals surface area contributed by atoms with Crippen LogP contribution in [0.3, 0.4) is 0 Å². The van der Waals surface area contributed by atoms with Gasteiger partial charge < -0.3 is 20.0 Å². The number of amides is 2. The SMILES string of the molecule is Cc1n[nH]c(C)c1C1CCCN1C(=O)NCc1ccnc(N2CCN(C)CC2)c1. The molecular formula is C21H31N7O. The van der Waals surface area contributed by atoms with E-state index in [2.05, 4.69) is 43.4 Å². The van der Waals surface area contributed by atoms with E-state index in [4.69, 9.17) is 0 Å². The summed E-state index contributed by atoms with van der Waals surface area (Å²) >= 11 is 0. The second-order valence-corrected chi connectivity index (χ2v) is 8.17. The smallest absolute Gasteiger partial charge is 0.318 e. The van der Waals surface area contributed by atoms with Crippen molar-refractivity contribution >= 4 is 11.8 Å². The predicted octanol–water partition coefficient (Wildman–Crippen LogP) is 2.22. The molecule has 1 unspecified atom stereocenters. The number of aryl methyl sites for hydroxylation is 2. The van der Waals surface area contributed by atoms with E-state index in [9.17, 15) is 4.79 Å². The second kappa shape index (κ2) is 8.41. The molecule has 0 radical (unpaired) electrons. The number of likely N-dealkylation sites (tertiary alicyclic amines) is 1. The third kappa shape index (κ3) is 4.22. The summed E-state index contributed by atoms with van der Waals surface area (Å²) in [5, 5.41) is 10.5. The summed E-state index contributed by atoms with van der Waals surface area (Å²) in [5.74, 6) is 0.994. The monoisotopic (exact) mass is 397 g/mol. The number of hydrogen-bond acceptors (Lipinski definition) is 5. The van der Waals surface area contributed by atoms with Crippen LogP contribution in [-0.2, 0) is 6.54 Å². The van der Waals surface area contributed by atoms with E-state index >= 15 is 0 Å². The number of nitrogens with zero attached hydrogens (tertiary/aromatic N) is 5. The van der Waals surface area contributed by atoms with Crippen LogP contribution in [0.2, 0.25) is 0 Å². The lowest BCUT2D eigenvalue weighted by atomic mass is 10.0. The number of likely N-dealkylation sites (N-methyl/N-ethyl adjacent to an activating group) is 1. The predicted molar refractivity (Wildman–Crippen MR) is 113 cm³/mol. The summed E-state index contributed by atoms with van der Waals surface area (Å²) in [7, 11) is 2.15. The molecule has 2 saturated heterocycles. The molecule has 0 aliphatic carbocycles. The van der Waals surface area contributed by atoms with Crippen molar-refractivity contribution in [1.29, 1.82) is 0 Å². The van der Waals surface area contributed by atoms with Gasteiger partial charge in [0.2, 0.25) is 0 Å². The van der Waals surface area contributed by atoms with Gasteiger partial charge in [-0.15, -0.1) is 0 Å². The van der Waals surface area contributed by atoms with E-state index in [-0.39, 0.29) is 12.1 Å². The van der Waals surface area contributed by atoms with Gasteiger partial charge in [-0.2, -0.15) is 5.10 Å². The molecule has 8 nitrogen and oxygen atoms in total. The zero-order chi connectivity index (χ0) is 20.4. The fraction of sp³-hybridized carbons (Fsp3) is 0.571. The molecule has 156 valence electrons. The Morgan fingerprint density at radius 2 is 2.03 bits per heavy atom. The molecule has 0 aromatic carbocycles. The fourth-order valence-electron chi connectivity index (χ4n) is 4.42. The van der Waals surface area contributed by atoms with E-state index in [0.717, 1.165) is 68.3 Å². The minimum Gasteiger partial charge on any atom is -0.354 e. The largest absolute Gasteiger partial charge is 0.354 e. The second-order valence-electron chi connectivity index (χ2n) is 8.17. The van der Waals surface area contributed by atoms with E-state index in [1.54, 1.807) is 0 Å². The summed E-state index contributed by atoms with van der Waals surface area (Å²) < 4.78 is 0. The van der Waals surface area contributed by atoms with Crippen LogP contribution in [0, 0.1) is 13.8 Å². The molecular weight excluding hydrogens is 366 g/mol. The lowest BCUT2D eigenvalue weighted by molar-refractivity contribution is 0.192. The van der Waals surface area contributed by atoms with Crippen molar-refractivity contribution in [1.82, 2.24) is 30.3 Å². The zero-order valence-electron chi connectivity index (χ0n) is 17.6. The van der Waals surface area contributed by atoms with E-state index in [0.29, 0.717) is 6.54 Å². The van der Waals surface area contributed by atoms with Crippen molar-refractivity contribution < 1.29 is 4.79 Å². The number of rotatable bonds is 4. The number of piperazine rings is 1. The number of aromatic nitrogens is 3. The Kier molecular flexibility index (Phi) is 5.71. The molecule has 0 spiro atoms. The molecule has 2 amide bonds. The first-order valence-electron chi connectivity index (χ1n) is 10.5. The van der Waals surface area contributed by atoms with Crippen LogP contribution in [0.5, 0.6) is 0 Å². The molecule has 2 aromatic rings. The molecule has 2 fully saturated rings. The number of H-pyrrole nitrogens is 1. The van der Waals surface area contributed by atoms with Crippen molar-refractivity contribution in [2.45, 2.75) is 39.3 Å². The lowest BCUT2D eigenvalue weighted by Crippen LogP contribution is -2.44. The van der Waals surface area contributed by atoms with Crippen LogP contribution < -0.4 is 10.2 Å². The first kappa shape index (κ1) is 19.7. The number of pyridine rings is 1. The highest BCUT2D eigenvalue weighted by Gasteiger charge is 2.32. The Morgan fingerprint density at radius 1 is 1.24 bits per heavy atom. The van der Waals surface area contributed by atoms with Gasteiger partial charge in [-0.25, -0.2) is 9.78 Å². The average molecular weight is 398 g/mol. The number of carbonyl (C=O) groups excluding carboxylic acids is 1. The lowest BCUT2D eigenvalue weighted by Gasteiger charge is -2.33. The van der Waals surface area contributed by atoms with Gasteiger partial charge in [0.25, 0.3) is 0 Å². The van der Waals surface area contributed by atoms with E-state index in [1.165, 1.54) is 5.56 Å². The summed E-state index contributed by atoms with van der Waals surface area (Å²) in [5.41, 5.74) is 4.28. The minimum atomic E-state index is -0.00883. The number of hydrogen-bond donors (Lipinski definition) is 2. The van der Waals surface area contributed by atoms with Gasteiger partial charge in [-0.3, -0.25) is 5.10 Å². The standard InChI is InChI=1S/C21H31N7O/c1-15-20(16(2)25-24-15)18-5-4-8-28(18)21(29)23-14-17-6-7-22-19(13-17)27-11-9-26(3)10-12-27/h6-7,13,18H,4-5,8-12,14H2,1-3H3,(H,23,29)(H,24,25). The molecule has 8 heteroatoms. The quantitative estimate of drug-likeness (QED) is 0.827. The molecule has 1 atom stereocenters. The molecule has 2 aromatic heterocycles. The van der Waals surface area contributed by atoms with Crippen molar-refractivity contribution in [3.8, 4) is 0 Å². The van der Waals surface area contributed by atoms with Crippen molar-refractivity contribution in [3.05, 3.63) is 40.8 Å². The summed E-state index contributed by atoms with van der Waals surface area (Å²) in [6.45, 7) is 9.39. The highest BCUT2D eigenvalue weighted by Crippen LogP contribution is 2.34. The molecule has 0 saturated carbocycles. The highest BCUT2D eigenvalue weighted by atomic mass is 16.2. The van der Waals surface area contributed by atoms with Crippen LogP contribution in [0.4, 0.5) is 10.6 Å². The number of urea groups is 1. The summed E-state index contributed by atoms with van der Waals surface area (Å²) in [6.07, 6.45) is 3.84. The molecule has 4 heterocycles. The third-order valence-electron chi connectivity index (χ3n) is 6.11. The average Bonchev–Trinajstić information content (AvgIpc) is 3.33. The molecule has 2 aliphatic rings. The van der Waals surface area contributed by atoms with Gasteiger partial charge in [0, 0.05) is 56.7 Å². The number of nitrogens with one attached hydrogen (secondary N) is 2. The van der Waals surface area contributed by atoms with Gasteiger partial charge >= 0.3 is 6.03 Å². The number of anilines is 1. The minimum absolute atomic E-state index is 0.00883. The first-order valence-corrected chi connectivity index (χ1v) is 10.5. The van der Waals surface area contributed by atoms with E-state index < -0.39 is 0 Å². The topological polar surface area (TPSA) is 80.4 Å². The summed E-state index contributed by atoms with van der Waals surface area (Å²) in [4.78, 5) is 24.0. The maximum Gasteiger partial charge on any atom is 0.318 e. The van der Waals surface area contributed by atoms with Crippen LogP contribution in [0.25, 0.3) is 0 Å². The van der Waals surface area contributed by atoms with Gasteiger partial charge in [-0.1, -0.05) is 0 Å². The van der Waals surface area contributed by atoms with Gasteiger partial charge in [0.05, 0.1) is 11.7 Å². The molecule has 0 bridgehead atoms. The third-order valence-corrected chi connectivity index (χ3v) is 6.11. The number of aromatic amines is 1. The summed E-state index contributed by atoms with van der Waals surface area (Å²) in [6, 6.07) is 4.17. The highest BCUT2D eigenvalue weighted by molar-refractivity contribution is 5.75. The van der Waals surface area contributed by atoms with Crippen LogP contribution in [0.1, 0.15) is 41.4 Å². The Hall–Kier alpha value is -2.61. The van der Waals surface area contributed by atoms with Crippen molar-refractivity contribution in [2.75, 3.05) is 44.7 Å². The van der Waals surface area contributed by atoms with Crippen molar-refractivity contribution in [2.24, 2.45) is 0 Å². The Balaban J connectivity index is 1.39. The molecule has 29 heavy (non-hydrogen) atoms. The molecule has 2 aliphatic heterocycles. The van der Waals surface area contributed by atoms with E-state index in [1.807, 2.05) is 31.0 Å². The Labute approximate surface area is 172 Å². The maximum absolute atomic E-state index is 12.9. The first-order chi connectivity index (χ1) is 14.0. The Bertz CT molecular complexity index is 837.